The highest BCUT2D eigenvalue weighted by atomic mass is 16.5. The van der Waals surface area contributed by atoms with Crippen molar-refractivity contribution in [2.75, 3.05) is 13.2 Å². The second kappa shape index (κ2) is 6.72. The van der Waals surface area contributed by atoms with E-state index in [9.17, 15) is 0 Å². The zero-order chi connectivity index (χ0) is 12.8. The van der Waals surface area contributed by atoms with Gasteiger partial charge in [-0.2, -0.15) is 0 Å². The Balaban J connectivity index is 1.75. The van der Waals surface area contributed by atoms with Gasteiger partial charge in [0.15, 0.2) is 0 Å². The maximum atomic E-state index is 5.79. The third-order valence-corrected chi connectivity index (χ3v) is 3.40. The summed E-state index contributed by atoms with van der Waals surface area (Å²) in [6.45, 7) is 6.57. The molecule has 2 nitrogen and oxygen atoms in total. The summed E-state index contributed by atoms with van der Waals surface area (Å²) in [7, 11) is 0. The Morgan fingerprint density at radius 2 is 2.11 bits per heavy atom. The van der Waals surface area contributed by atoms with Crippen LogP contribution in [0.4, 0.5) is 0 Å². The summed E-state index contributed by atoms with van der Waals surface area (Å²) in [5.74, 6) is 0.905. The molecule has 1 aliphatic rings. The molecule has 0 unspecified atom stereocenters. The molecule has 0 bridgehead atoms. The van der Waals surface area contributed by atoms with Gasteiger partial charge in [-0.1, -0.05) is 56.3 Å². The van der Waals surface area contributed by atoms with Crippen LogP contribution in [-0.4, -0.2) is 19.3 Å². The molecule has 18 heavy (non-hydrogen) atoms. The van der Waals surface area contributed by atoms with Crippen molar-refractivity contribution in [1.29, 1.82) is 0 Å². The Hall–Kier alpha value is -1.12. The van der Waals surface area contributed by atoms with Crippen LogP contribution in [0.2, 0.25) is 0 Å². The van der Waals surface area contributed by atoms with E-state index in [-0.39, 0.29) is 6.10 Å². The second-order valence-electron chi connectivity index (χ2n) is 5.06. The molecule has 1 aliphatic heterocycles. The SMILES string of the molecule is C[C@H]1C=CCO[C@H]1[C@@H](C)COCc1ccccc1. The molecule has 1 aromatic rings. The van der Waals surface area contributed by atoms with Crippen LogP contribution in [0.1, 0.15) is 19.4 Å². The van der Waals surface area contributed by atoms with E-state index in [1.165, 1.54) is 5.56 Å². The first-order valence-corrected chi connectivity index (χ1v) is 6.67. The minimum atomic E-state index is 0.283. The molecule has 0 fully saturated rings. The summed E-state index contributed by atoms with van der Waals surface area (Å²) in [4.78, 5) is 0. The quantitative estimate of drug-likeness (QED) is 0.741. The lowest BCUT2D eigenvalue weighted by Crippen LogP contribution is -2.33. The third kappa shape index (κ3) is 3.69. The van der Waals surface area contributed by atoms with E-state index < -0.39 is 0 Å². The van der Waals surface area contributed by atoms with Gasteiger partial charge in [-0.25, -0.2) is 0 Å². The first kappa shape index (κ1) is 13.3. The molecular formula is C16H22O2. The van der Waals surface area contributed by atoms with E-state index >= 15 is 0 Å². The van der Waals surface area contributed by atoms with Crippen molar-refractivity contribution in [2.24, 2.45) is 11.8 Å². The Morgan fingerprint density at radius 3 is 2.83 bits per heavy atom. The molecule has 2 heteroatoms. The van der Waals surface area contributed by atoms with Crippen LogP contribution >= 0.6 is 0 Å². The molecular weight excluding hydrogens is 224 g/mol. The number of hydrogen-bond donors (Lipinski definition) is 0. The summed E-state index contributed by atoms with van der Waals surface area (Å²) in [5, 5.41) is 0. The van der Waals surface area contributed by atoms with E-state index in [1.54, 1.807) is 0 Å². The molecule has 2 rings (SSSR count). The highest BCUT2D eigenvalue weighted by Crippen LogP contribution is 2.22. The van der Waals surface area contributed by atoms with Gasteiger partial charge in [0.25, 0.3) is 0 Å². The van der Waals surface area contributed by atoms with Crippen LogP contribution in [0.15, 0.2) is 42.5 Å². The maximum Gasteiger partial charge on any atom is 0.0717 e. The molecule has 0 saturated heterocycles. The Kier molecular flexibility index (Phi) is 4.97. The fourth-order valence-electron chi connectivity index (χ4n) is 2.41. The Bertz CT molecular complexity index is 372. The van der Waals surface area contributed by atoms with Gasteiger partial charge in [0, 0.05) is 11.8 Å². The summed E-state index contributed by atoms with van der Waals surface area (Å²) in [5.41, 5.74) is 1.22. The molecule has 0 aliphatic carbocycles. The van der Waals surface area contributed by atoms with Crippen LogP contribution in [-0.2, 0) is 16.1 Å². The van der Waals surface area contributed by atoms with Crippen molar-refractivity contribution in [3.05, 3.63) is 48.0 Å². The largest absolute Gasteiger partial charge is 0.376 e. The molecule has 0 spiro atoms. The Labute approximate surface area is 110 Å². The van der Waals surface area contributed by atoms with Crippen LogP contribution in [0.5, 0.6) is 0 Å². The standard InChI is InChI=1S/C16H22O2/c1-13-7-6-10-18-16(13)14(2)11-17-12-15-8-4-3-5-9-15/h3-9,13-14,16H,10-12H2,1-2H3/t13-,14-,16+/m0/s1. The van der Waals surface area contributed by atoms with Crippen LogP contribution in [0.3, 0.4) is 0 Å². The zero-order valence-corrected chi connectivity index (χ0v) is 11.2. The van der Waals surface area contributed by atoms with Crippen LogP contribution in [0.25, 0.3) is 0 Å². The van der Waals surface area contributed by atoms with E-state index in [4.69, 9.17) is 9.47 Å². The van der Waals surface area contributed by atoms with Gasteiger partial charge < -0.3 is 9.47 Å². The number of benzene rings is 1. The first-order chi connectivity index (χ1) is 8.77. The molecule has 1 heterocycles. The highest BCUT2D eigenvalue weighted by Gasteiger charge is 2.24. The Morgan fingerprint density at radius 1 is 1.33 bits per heavy atom. The number of rotatable bonds is 5. The van der Waals surface area contributed by atoms with Gasteiger partial charge in [-0.05, 0) is 5.56 Å². The van der Waals surface area contributed by atoms with E-state index in [0.717, 1.165) is 13.2 Å². The van der Waals surface area contributed by atoms with Gasteiger partial charge in [-0.3, -0.25) is 0 Å². The van der Waals surface area contributed by atoms with Gasteiger partial charge in [-0.15, -0.1) is 0 Å². The lowest BCUT2D eigenvalue weighted by molar-refractivity contribution is -0.0332. The number of hydrogen-bond acceptors (Lipinski definition) is 2. The molecule has 0 aromatic heterocycles. The minimum Gasteiger partial charge on any atom is -0.376 e. The van der Waals surface area contributed by atoms with Crippen LogP contribution < -0.4 is 0 Å². The lowest BCUT2D eigenvalue weighted by atomic mass is 9.92. The van der Waals surface area contributed by atoms with E-state index in [0.29, 0.717) is 18.4 Å². The van der Waals surface area contributed by atoms with Crippen molar-refractivity contribution in [3.8, 4) is 0 Å². The third-order valence-electron chi connectivity index (χ3n) is 3.40. The molecule has 3 atom stereocenters. The maximum absolute atomic E-state index is 5.79. The average Bonchev–Trinajstić information content (AvgIpc) is 2.40. The monoisotopic (exact) mass is 246 g/mol. The smallest absolute Gasteiger partial charge is 0.0717 e. The van der Waals surface area contributed by atoms with Crippen molar-refractivity contribution < 1.29 is 9.47 Å². The van der Waals surface area contributed by atoms with E-state index in [1.807, 2.05) is 18.2 Å². The summed E-state index contributed by atoms with van der Waals surface area (Å²) in [6, 6.07) is 10.3. The average molecular weight is 246 g/mol. The molecule has 0 N–H and O–H groups in total. The normalized spacial score (nSPS) is 25.0. The van der Waals surface area contributed by atoms with Gasteiger partial charge in [0.05, 0.1) is 25.9 Å². The highest BCUT2D eigenvalue weighted by molar-refractivity contribution is 5.13. The molecule has 0 amide bonds. The van der Waals surface area contributed by atoms with E-state index in [2.05, 4.69) is 38.1 Å². The molecule has 98 valence electrons. The summed E-state index contributed by atoms with van der Waals surface area (Å²) < 4.78 is 11.6. The predicted molar refractivity (Wildman–Crippen MR) is 73.3 cm³/mol. The predicted octanol–water partition coefficient (Wildman–Crippen LogP) is 3.43. The summed E-state index contributed by atoms with van der Waals surface area (Å²) >= 11 is 0. The van der Waals surface area contributed by atoms with Gasteiger partial charge in [0.2, 0.25) is 0 Å². The molecule has 1 aromatic carbocycles. The molecule has 0 saturated carbocycles. The van der Waals surface area contributed by atoms with Gasteiger partial charge in [0.1, 0.15) is 0 Å². The van der Waals surface area contributed by atoms with Crippen molar-refractivity contribution in [2.45, 2.75) is 26.6 Å². The number of ether oxygens (including phenoxy) is 2. The lowest BCUT2D eigenvalue weighted by Gasteiger charge is -2.30. The summed E-state index contributed by atoms with van der Waals surface area (Å²) in [6.07, 6.45) is 4.62. The van der Waals surface area contributed by atoms with Crippen molar-refractivity contribution in [3.63, 3.8) is 0 Å². The minimum absolute atomic E-state index is 0.283. The topological polar surface area (TPSA) is 18.5 Å². The van der Waals surface area contributed by atoms with Crippen molar-refractivity contribution in [1.82, 2.24) is 0 Å². The fourth-order valence-corrected chi connectivity index (χ4v) is 2.41. The fraction of sp³-hybridized carbons (Fsp3) is 0.500. The second-order valence-corrected chi connectivity index (χ2v) is 5.06. The first-order valence-electron chi connectivity index (χ1n) is 6.67. The molecule has 0 radical (unpaired) electrons. The van der Waals surface area contributed by atoms with Crippen molar-refractivity contribution >= 4 is 0 Å². The van der Waals surface area contributed by atoms with Gasteiger partial charge >= 0.3 is 0 Å². The van der Waals surface area contributed by atoms with Crippen LogP contribution in [0, 0.1) is 11.8 Å². The zero-order valence-electron chi connectivity index (χ0n) is 11.2.